The summed E-state index contributed by atoms with van der Waals surface area (Å²) in [6, 6.07) is 0.739. The number of halogens is 3. The number of nitrogens with zero attached hydrogens (tertiary/aromatic N) is 4. The predicted molar refractivity (Wildman–Crippen MR) is 126 cm³/mol. The molecule has 0 spiro atoms. The van der Waals surface area contributed by atoms with Crippen molar-refractivity contribution >= 4 is 17.7 Å². The van der Waals surface area contributed by atoms with Crippen molar-refractivity contribution in [3.05, 3.63) is 35.8 Å². The number of ether oxygens (including phenoxy) is 3. The number of carbonyl (C=O) groups is 1. The molecule has 0 radical (unpaired) electrons. The van der Waals surface area contributed by atoms with E-state index in [0.29, 0.717) is 13.2 Å². The van der Waals surface area contributed by atoms with Gasteiger partial charge < -0.3 is 29.3 Å². The average molecular weight is 547 g/mol. The van der Waals surface area contributed by atoms with E-state index in [-0.39, 0.29) is 29.0 Å². The normalized spacial score (nSPS) is 26.8. The first-order chi connectivity index (χ1) is 17.7. The molecule has 2 saturated heterocycles. The molecule has 204 valence electrons. The highest BCUT2D eigenvalue weighted by atomic mass is 32.2. The average Bonchev–Trinajstić information content (AvgIpc) is 3.40. The number of rotatable bonds is 8. The smallest absolute Gasteiger partial charge is 0.232 e. The van der Waals surface area contributed by atoms with E-state index >= 15 is 0 Å². The molecule has 2 aliphatic rings. The lowest BCUT2D eigenvalue weighted by Crippen LogP contribution is -2.56. The number of carbonyl (C=O) groups excluding carboxylic acids is 1. The summed E-state index contributed by atoms with van der Waals surface area (Å²) in [6.45, 7) is 0.681. The molecule has 0 bridgehead atoms. The van der Waals surface area contributed by atoms with Gasteiger partial charge in [-0.1, -0.05) is 5.21 Å². The van der Waals surface area contributed by atoms with Gasteiger partial charge in [-0.05, 0) is 25.0 Å². The molecule has 5 atom stereocenters. The number of benzene rings is 1. The maximum absolute atomic E-state index is 13.7. The molecule has 3 heterocycles. The van der Waals surface area contributed by atoms with Crippen molar-refractivity contribution in [2.75, 3.05) is 39.7 Å². The van der Waals surface area contributed by atoms with Gasteiger partial charge in [0.1, 0.15) is 35.5 Å². The molecule has 1 aromatic carbocycles. The molecule has 10 nitrogen and oxygen atoms in total. The molecule has 2 aliphatic heterocycles. The summed E-state index contributed by atoms with van der Waals surface area (Å²) >= 11 is 1.16. The Morgan fingerprint density at radius 1 is 1.27 bits per heavy atom. The number of aromatic nitrogens is 3. The van der Waals surface area contributed by atoms with Crippen LogP contribution in [0.1, 0.15) is 18.9 Å². The lowest BCUT2D eigenvalue weighted by molar-refractivity contribution is -0.186. The number of aliphatic hydroxyl groups is 2. The third-order valence-electron chi connectivity index (χ3n) is 6.70. The molecule has 0 unspecified atom stereocenters. The molecular weight excluding hydrogens is 517 g/mol. The van der Waals surface area contributed by atoms with Crippen LogP contribution in [-0.2, 0) is 19.0 Å². The third kappa shape index (κ3) is 5.94. The van der Waals surface area contributed by atoms with E-state index in [9.17, 15) is 28.2 Å². The molecule has 1 aromatic heterocycles. The quantitative estimate of drug-likeness (QED) is 0.473. The topological polar surface area (TPSA) is 119 Å². The van der Waals surface area contributed by atoms with E-state index in [4.69, 9.17) is 14.2 Å². The maximum atomic E-state index is 13.7. The van der Waals surface area contributed by atoms with Crippen LogP contribution in [0.15, 0.2) is 18.3 Å². The number of thioether (sulfide) groups is 1. The number of amides is 1. The second kappa shape index (κ2) is 12.1. The van der Waals surface area contributed by atoms with Crippen LogP contribution < -0.4 is 0 Å². The summed E-state index contributed by atoms with van der Waals surface area (Å²) in [7, 11) is 3.15. The first-order valence-corrected chi connectivity index (χ1v) is 12.8. The molecule has 37 heavy (non-hydrogen) atoms. The SMILES string of the molecule is CO[C@@H]1[C@@H](n2cc(-c3cc(F)c(F)c(F)c3)nn2)[C@@H](O)[C@@H](CO)O[C@H]1SCC(=O)N(C)C1CCOCC1. The Morgan fingerprint density at radius 3 is 2.57 bits per heavy atom. The summed E-state index contributed by atoms with van der Waals surface area (Å²) in [4.78, 5) is 14.5. The molecule has 0 aliphatic carbocycles. The fourth-order valence-corrected chi connectivity index (χ4v) is 5.73. The van der Waals surface area contributed by atoms with Gasteiger partial charge in [0.05, 0.1) is 18.6 Å². The Kier molecular flexibility index (Phi) is 9.08. The van der Waals surface area contributed by atoms with Gasteiger partial charge in [0.25, 0.3) is 0 Å². The van der Waals surface area contributed by atoms with E-state index in [1.165, 1.54) is 18.0 Å². The zero-order valence-electron chi connectivity index (χ0n) is 20.3. The van der Waals surface area contributed by atoms with Gasteiger partial charge >= 0.3 is 0 Å². The van der Waals surface area contributed by atoms with Crippen LogP contribution in [0.2, 0.25) is 0 Å². The van der Waals surface area contributed by atoms with Crippen molar-refractivity contribution in [1.82, 2.24) is 19.9 Å². The van der Waals surface area contributed by atoms with E-state index in [1.54, 1.807) is 11.9 Å². The Balaban J connectivity index is 1.52. The van der Waals surface area contributed by atoms with Crippen molar-refractivity contribution in [1.29, 1.82) is 0 Å². The second-order valence-corrected chi connectivity index (χ2v) is 9.99. The number of hydrogen-bond donors (Lipinski definition) is 2. The Bertz CT molecular complexity index is 1070. The summed E-state index contributed by atoms with van der Waals surface area (Å²) in [5.74, 6) is -4.40. The number of aliphatic hydroxyl groups excluding tert-OH is 2. The van der Waals surface area contributed by atoms with Crippen LogP contribution in [0.5, 0.6) is 0 Å². The van der Waals surface area contributed by atoms with Crippen LogP contribution in [0.3, 0.4) is 0 Å². The molecule has 14 heteroatoms. The van der Waals surface area contributed by atoms with Crippen molar-refractivity contribution in [2.24, 2.45) is 0 Å². The Hall–Kier alpha value is -2.23. The summed E-state index contributed by atoms with van der Waals surface area (Å²) in [5.41, 5.74) is -0.787. The minimum absolute atomic E-state index is 0.0318. The minimum Gasteiger partial charge on any atom is -0.394 e. The van der Waals surface area contributed by atoms with Gasteiger partial charge in [-0.25, -0.2) is 17.9 Å². The lowest BCUT2D eigenvalue weighted by atomic mass is 9.97. The molecule has 2 fully saturated rings. The van der Waals surface area contributed by atoms with Crippen LogP contribution >= 0.6 is 11.8 Å². The summed E-state index contributed by atoms with van der Waals surface area (Å²) < 4.78 is 58.9. The van der Waals surface area contributed by atoms with E-state index in [1.807, 2.05) is 0 Å². The van der Waals surface area contributed by atoms with Gasteiger partial charge in [-0.2, -0.15) is 0 Å². The predicted octanol–water partition coefficient (Wildman–Crippen LogP) is 1.37. The Labute approximate surface area is 215 Å². The highest BCUT2D eigenvalue weighted by Gasteiger charge is 2.47. The van der Waals surface area contributed by atoms with Crippen molar-refractivity contribution in [3.63, 3.8) is 0 Å². The monoisotopic (exact) mass is 546 g/mol. The number of methoxy groups -OCH3 is 1. The zero-order chi connectivity index (χ0) is 26.7. The highest BCUT2D eigenvalue weighted by molar-refractivity contribution is 8.00. The van der Waals surface area contributed by atoms with Crippen molar-refractivity contribution in [2.45, 2.75) is 48.7 Å². The van der Waals surface area contributed by atoms with Crippen molar-refractivity contribution < 1.29 is 42.4 Å². The van der Waals surface area contributed by atoms with Crippen LogP contribution in [-0.4, -0.2) is 106 Å². The van der Waals surface area contributed by atoms with E-state index in [2.05, 4.69) is 10.3 Å². The minimum atomic E-state index is -1.60. The van der Waals surface area contributed by atoms with Crippen molar-refractivity contribution in [3.8, 4) is 11.3 Å². The first kappa shape index (κ1) is 27.8. The van der Waals surface area contributed by atoms with Gasteiger partial charge in [-0.15, -0.1) is 16.9 Å². The van der Waals surface area contributed by atoms with Crippen LogP contribution in [0.25, 0.3) is 11.3 Å². The Morgan fingerprint density at radius 2 is 1.95 bits per heavy atom. The molecule has 0 saturated carbocycles. The molecule has 1 amide bonds. The number of hydrogen-bond acceptors (Lipinski definition) is 9. The molecular formula is C23H29F3N4O6S. The maximum Gasteiger partial charge on any atom is 0.232 e. The first-order valence-electron chi connectivity index (χ1n) is 11.7. The van der Waals surface area contributed by atoms with E-state index in [0.717, 1.165) is 36.7 Å². The highest BCUT2D eigenvalue weighted by Crippen LogP contribution is 2.37. The third-order valence-corrected chi connectivity index (χ3v) is 7.82. The van der Waals surface area contributed by atoms with E-state index < -0.39 is 53.8 Å². The van der Waals surface area contributed by atoms with Crippen LogP contribution in [0.4, 0.5) is 13.2 Å². The zero-order valence-corrected chi connectivity index (χ0v) is 21.1. The molecule has 2 aromatic rings. The largest absolute Gasteiger partial charge is 0.394 e. The van der Waals surface area contributed by atoms with Gasteiger partial charge in [0.2, 0.25) is 5.91 Å². The fourth-order valence-electron chi connectivity index (χ4n) is 4.54. The second-order valence-electron chi connectivity index (χ2n) is 8.90. The lowest BCUT2D eigenvalue weighted by Gasteiger charge is -2.43. The van der Waals surface area contributed by atoms with Crippen LogP contribution in [0, 0.1) is 17.5 Å². The van der Waals surface area contributed by atoms with Gasteiger partial charge in [0.15, 0.2) is 17.5 Å². The standard InChI is InChI=1S/C23H29F3N4O6S/c1-29(13-3-5-35-6-4-13)18(32)11-37-23-22(34-2)20(21(33)17(10-31)36-23)30-9-16(27-28-30)12-7-14(24)19(26)15(25)8-12/h7-9,13,17,20-23,31,33H,3-6,10-11H2,1-2H3/t17-,20+,21+,22-,23+/m1/s1. The molecule has 2 N–H and O–H groups in total. The van der Waals surface area contributed by atoms with Gasteiger partial charge in [0, 0.05) is 39.0 Å². The summed E-state index contributed by atoms with van der Waals surface area (Å²) in [6.07, 6.45) is -0.303. The van der Waals surface area contributed by atoms with Gasteiger partial charge in [-0.3, -0.25) is 4.79 Å². The fraction of sp³-hybridized carbons (Fsp3) is 0.609. The summed E-state index contributed by atoms with van der Waals surface area (Å²) in [5, 5.41) is 28.6. The molecule has 4 rings (SSSR count).